The van der Waals surface area contributed by atoms with E-state index >= 15 is 0 Å². The van der Waals surface area contributed by atoms with Crippen LogP contribution in [0.1, 0.15) is 73.4 Å². The fraction of sp³-hybridized carbons (Fsp3) is 0.476. The van der Waals surface area contributed by atoms with Gasteiger partial charge < -0.3 is 15.3 Å². The number of carbonyl (C=O) groups is 1. The van der Waals surface area contributed by atoms with Crippen molar-refractivity contribution < 1.29 is 20.1 Å². The zero-order valence-corrected chi connectivity index (χ0v) is 15.1. The molecule has 4 heteroatoms. The Balaban J connectivity index is 2.55. The number of rotatable bonds is 7. The van der Waals surface area contributed by atoms with Crippen LogP contribution in [0.3, 0.4) is 0 Å². The first-order valence-electron chi connectivity index (χ1n) is 9.01. The third-order valence-electron chi connectivity index (χ3n) is 5.10. The molecule has 2 rings (SSSR count). The van der Waals surface area contributed by atoms with Crippen LogP contribution in [0.2, 0.25) is 0 Å². The molecule has 4 nitrogen and oxygen atoms in total. The average molecular weight is 344 g/mol. The van der Waals surface area contributed by atoms with Crippen molar-refractivity contribution in [3.8, 4) is 11.5 Å². The molecule has 1 unspecified atom stereocenters. The van der Waals surface area contributed by atoms with Crippen LogP contribution in [-0.2, 0) is 6.42 Å². The highest BCUT2D eigenvalue weighted by molar-refractivity contribution is 5.94. The Kier molecular flexibility index (Phi) is 6.29. The molecule has 0 fully saturated rings. The normalized spacial score (nSPS) is 20.2. The van der Waals surface area contributed by atoms with E-state index in [4.69, 9.17) is 0 Å². The van der Waals surface area contributed by atoms with Gasteiger partial charge in [0, 0.05) is 11.5 Å². The molecular weight excluding hydrogens is 316 g/mol. The Hall–Kier alpha value is -2.23. The van der Waals surface area contributed by atoms with Crippen molar-refractivity contribution in [2.24, 2.45) is 5.92 Å². The third kappa shape index (κ3) is 4.06. The number of allylic oxidation sites excluding steroid dienone is 3. The van der Waals surface area contributed by atoms with E-state index in [-0.39, 0.29) is 28.9 Å². The first-order valence-corrected chi connectivity index (χ1v) is 9.01. The molecule has 25 heavy (non-hydrogen) atoms. The minimum absolute atomic E-state index is 0.0307. The smallest absolute Gasteiger partial charge is 0.339 e. The molecular formula is C21H28O4. The number of hydrogen-bond donors (Lipinski definition) is 3. The highest BCUT2D eigenvalue weighted by Crippen LogP contribution is 2.46. The van der Waals surface area contributed by atoms with Crippen LogP contribution in [0.4, 0.5) is 0 Å². The van der Waals surface area contributed by atoms with Crippen molar-refractivity contribution in [2.75, 3.05) is 0 Å². The van der Waals surface area contributed by atoms with Crippen LogP contribution in [0.5, 0.6) is 11.5 Å². The molecule has 1 aliphatic rings. The molecule has 0 saturated heterocycles. The Morgan fingerprint density at radius 2 is 2.08 bits per heavy atom. The highest BCUT2D eigenvalue weighted by Gasteiger charge is 2.31. The second kappa shape index (κ2) is 8.24. The number of hydrogen-bond acceptors (Lipinski definition) is 3. The Bertz CT molecular complexity index is 688. The zero-order valence-electron chi connectivity index (χ0n) is 15.1. The fourth-order valence-electron chi connectivity index (χ4n) is 3.70. The van der Waals surface area contributed by atoms with Gasteiger partial charge in [-0.05, 0) is 50.2 Å². The Morgan fingerprint density at radius 1 is 1.36 bits per heavy atom. The topological polar surface area (TPSA) is 77.8 Å². The summed E-state index contributed by atoms with van der Waals surface area (Å²) < 4.78 is 0. The van der Waals surface area contributed by atoms with E-state index in [1.165, 1.54) is 11.6 Å². The van der Waals surface area contributed by atoms with Crippen molar-refractivity contribution >= 4 is 5.97 Å². The molecule has 0 heterocycles. The number of aromatic hydroxyl groups is 2. The Labute approximate surface area is 149 Å². The summed E-state index contributed by atoms with van der Waals surface area (Å²) in [6.45, 7) is 7.94. The number of carboxylic acid groups (broad SMARTS) is 1. The van der Waals surface area contributed by atoms with Crippen LogP contribution in [0, 0.1) is 5.92 Å². The minimum atomic E-state index is -1.16. The van der Waals surface area contributed by atoms with Crippen molar-refractivity contribution in [1.29, 1.82) is 0 Å². The maximum atomic E-state index is 11.8. The summed E-state index contributed by atoms with van der Waals surface area (Å²) in [4.78, 5) is 11.8. The van der Waals surface area contributed by atoms with E-state index in [2.05, 4.69) is 13.5 Å². The molecule has 0 aliphatic heterocycles. The van der Waals surface area contributed by atoms with Gasteiger partial charge in [0.2, 0.25) is 0 Å². The lowest BCUT2D eigenvalue weighted by Gasteiger charge is -2.29. The zero-order chi connectivity index (χ0) is 18.6. The van der Waals surface area contributed by atoms with Gasteiger partial charge in [0.15, 0.2) is 0 Å². The van der Waals surface area contributed by atoms with Gasteiger partial charge in [0.25, 0.3) is 0 Å². The lowest BCUT2D eigenvalue weighted by Crippen LogP contribution is -2.16. The predicted molar refractivity (Wildman–Crippen MR) is 99.4 cm³/mol. The standard InChI is InChI=1S/C21H28O4/c1-4-6-7-8-15-12-17(22)19(20(23)18(15)21(24)25)16-11-13(3)9-10-14(16)5-2/h5,11-12,14,16,22-23H,2,4,6-10H2,1,3H3,(H,24,25)/t14?,16-/m1/s1. The van der Waals surface area contributed by atoms with Crippen molar-refractivity contribution in [3.63, 3.8) is 0 Å². The number of carboxylic acids is 1. The van der Waals surface area contributed by atoms with E-state index in [0.29, 0.717) is 17.5 Å². The van der Waals surface area contributed by atoms with Crippen LogP contribution >= 0.6 is 0 Å². The SMILES string of the molecule is C=CC1CCC(C)=C[C@H]1c1c(O)cc(CCCCC)c(C(=O)O)c1O. The second-order valence-electron chi connectivity index (χ2n) is 6.93. The minimum Gasteiger partial charge on any atom is -0.507 e. The number of aryl methyl sites for hydroxylation is 1. The number of unbranched alkanes of at least 4 members (excludes halogenated alkanes) is 2. The van der Waals surface area contributed by atoms with Gasteiger partial charge in [0.05, 0.1) is 0 Å². The van der Waals surface area contributed by atoms with E-state index in [1.54, 1.807) is 0 Å². The second-order valence-corrected chi connectivity index (χ2v) is 6.93. The quantitative estimate of drug-likeness (QED) is 0.472. The molecule has 0 spiro atoms. The predicted octanol–water partition coefficient (Wildman–Crippen LogP) is 5.15. The number of benzene rings is 1. The molecule has 0 aromatic heterocycles. The maximum absolute atomic E-state index is 11.8. The van der Waals surface area contributed by atoms with Crippen molar-refractivity contribution in [3.05, 3.63) is 47.1 Å². The van der Waals surface area contributed by atoms with Gasteiger partial charge in [-0.15, -0.1) is 6.58 Å². The van der Waals surface area contributed by atoms with Gasteiger partial charge in [0.1, 0.15) is 17.1 Å². The molecule has 136 valence electrons. The molecule has 0 amide bonds. The highest BCUT2D eigenvalue weighted by atomic mass is 16.4. The monoisotopic (exact) mass is 344 g/mol. The Morgan fingerprint density at radius 3 is 2.68 bits per heavy atom. The summed E-state index contributed by atoms with van der Waals surface area (Å²) in [6, 6.07) is 1.52. The summed E-state index contributed by atoms with van der Waals surface area (Å²) in [6.07, 6.45) is 8.99. The first-order chi connectivity index (χ1) is 11.9. The lowest BCUT2D eigenvalue weighted by atomic mass is 9.76. The molecule has 2 atom stereocenters. The molecule has 3 N–H and O–H groups in total. The van der Waals surface area contributed by atoms with Crippen LogP contribution in [-0.4, -0.2) is 21.3 Å². The molecule has 1 aromatic rings. The van der Waals surface area contributed by atoms with Gasteiger partial charge in [-0.2, -0.15) is 0 Å². The molecule has 1 aromatic carbocycles. The molecule has 0 radical (unpaired) electrons. The van der Waals surface area contributed by atoms with Gasteiger partial charge >= 0.3 is 5.97 Å². The number of phenols is 2. The molecule has 1 aliphatic carbocycles. The van der Waals surface area contributed by atoms with E-state index in [9.17, 15) is 20.1 Å². The summed E-state index contributed by atoms with van der Waals surface area (Å²) in [7, 11) is 0. The van der Waals surface area contributed by atoms with Gasteiger partial charge in [-0.3, -0.25) is 0 Å². The molecule has 0 saturated carbocycles. The number of aromatic carboxylic acids is 1. The van der Waals surface area contributed by atoms with E-state index in [1.807, 2.05) is 19.1 Å². The maximum Gasteiger partial charge on any atom is 0.339 e. The fourth-order valence-corrected chi connectivity index (χ4v) is 3.70. The lowest BCUT2D eigenvalue weighted by molar-refractivity contribution is 0.0692. The van der Waals surface area contributed by atoms with Crippen LogP contribution < -0.4 is 0 Å². The van der Waals surface area contributed by atoms with Gasteiger partial charge in [-0.1, -0.05) is 37.5 Å². The van der Waals surface area contributed by atoms with Crippen LogP contribution in [0.15, 0.2) is 30.4 Å². The summed E-state index contributed by atoms with van der Waals surface area (Å²) >= 11 is 0. The summed E-state index contributed by atoms with van der Waals surface area (Å²) in [5.41, 5.74) is 1.89. The van der Waals surface area contributed by atoms with Crippen molar-refractivity contribution in [2.45, 2.75) is 58.3 Å². The summed E-state index contributed by atoms with van der Waals surface area (Å²) in [5, 5.41) is 30.9. The van der Waals surface area contributed by atoms with Crippen LogP contribution in [0.25, 0.3) is 0 Å². The average Bonchev–Trinajstić information content (AvgIpc) is 2.54. The van der Waals surface area contributed by atoms with Gasteiger partial charge in [-0.25, -0.2) is 4.79 Å². The first kappa shape index (κ1) is 19.1. The van der Waals surface area contributed by atoms with E-state index in [0.717, 1.165) is 32.1 Å². The largest absolute Gasteiger partial charge is 0.507 e. The summed E-state index contributed by atoms with van der Waals surface area (Å²) in [5.74, 6) is -1.68. The third-order valence-corrected chi connectivity index (χ3v) is 5.10. The van der Waals surface area contributed by atoms with E-state index < -0.39 is 5.97 Å². The number of phenolic OH excluding ortho intramolecular Hbond substituents is 1. The van der Waals surface area contributed by atoms with Crippen molar-refractivity contribution in [1.82, 2.24) is 0 Å². The molecule has 0 bridgehead atoms.